The fourth-order valence-electron chi connectivity index (χ4n) is 1.63. The summed E-state index contributed by atoms with van der Waals surface area (Å²) in [7, 11) is 1.66. The summed E-state index contributed by atoms with van der Waals surface area (Å²) in [6, 6.07) is 0.463. The highest BCUT2D eigenvalue weighted by atomic mass is 16.2. The first-order chi connectivity index (χ1) is 7.50. The first-order valence-electron chi connectivity index (χ1n) is 5.76. The predicted octanol–water partition coefficient (Wildman–Crippen LogP) is -0.325. The maximum Gasteiger partial charge on any atom is 0.242 e. The average Bonchev–Trinajstić information content (AvgIpc) is 2.19. The van der Waals surface area contributed by atoms with Gasteiger partial charge in [0.1, 0.15) is 0 Å². The quantitative estimate of drug-likeness (QED) is 0.655. The lowest BCUT2D eigenvalue weighted by atomic mass is 10.2. The molecule has 0 unspecified atom stereocenters. The van der Waals surface area contributed by atoms with Gasteiger partial charge in [-0.05, 0) is 13.0 Å². The van der Waals surface area contributed by atoms with E-state index in [-0.39, 0.29) is 24.9 Å². The van der Waals surface area contributed by atoms with E-state index in [0.717, 1.165) is 13.0 Å². The van der Waals surface area contributed by atoms with Crippen molar-refractivity contribution in [3.63, 3.8) is 0 Å². The zero-order chi connectivity index (χ0) is 12.1. The van der Waals surface area contributed by atoms with Gasteiger partial charge in [-0.2, -0.15) is 0 Å². The Labute approximate surface area is 96.8 Å². The van der Waals surface area contributed by atoms with E-state index in [1.807, 2.05) is 0 Å². The maximum atomic E-state index is 11.6. The standard InChI is InChI=1S/C11H21N3O2/c1-9(2)12-5-4-6-14-8-10(15)13(3)7-11(14)16/h9,12H,4-8H2,1-3H3. The molecule has 1 fully saturated rings. The van der Waals surface area contributed by atoms with Gasteiger partial charge in [0.25, 0.3) is 0 Å². The maximum absolute atomic E-state index is 11.6. The van der Waals surface area contributed by atoms with Crippen molar-refractivity contribution in [3.8, 4) is 0 Å². The van der Waals surface area contributed by atoms with Gasteiger partial charge < -0.3 is 15.1 Å². The summed E-state index contributed by atoms with van der Waals surface area (Å²) in [5.41, 5.74) is 0. The molecule has 1 N–H and O–H groups in total. The summed E-state index contributed by atoms with van der Waals surface area (Å²) >= 11 is 0. The number of carbonyl (C=O) groups excluding carboxylic acids is 2. The van der Waals surface area contributed by atoms with Crippen LogP contribution in [-0.2, 0) is 9.59 Å². The van der Waals surface area contributed by atoms with Crippen molar-refractivity contribution in [2.45, 2.75) is 26.3 Å². The predicted molar refractivity (Wildman–Crippen MR) is 62.0 cm³/mol. The Morgan fingerprint density at radius 2 is 1.94 bits per heavy atom. The van der Waals surface area contributed by atoms with Gasteiger partial charge in [0.15, 0.2) is 0 Å². The lowest BCUT2D eigenvalue weighted by Gasteiger charge is -2.31. The molecular formula is C11H21N3O2. The van der Waals surface area contributed by atoms with E-state index in [1.165, 1.54) is 4.90 Å². The molecule has 0 spiro atoms. The number of piperazine rings is 1. The van der Waals surface area contributed by atoms with E-state index >= 15 is 0 Å². The summed E-state index contributed by atoms with van der Waals surface area (Å²) in [5, 5.41) is 3.29. The molecule has 5 nitrogen and oxygen atoms in total. The Kier molecular flexibility index (Phi) is 4.73. The Morgan fingerprint density at radius 3 is 2.56 bits per heavy atom. The van der Waals surface area contributed by atoms with Gasteiger partial charge in [-0.1, -0.05) is 13.8 Å². The fraction of sp³-hybridized carbons (Fsp3) is 0.818. The summed E-state index contributed by atoms with van der Waals surface area (Å²) in [5.74, 6) is 0.0723. The number of hydrogen-bond donors (Lipinski definition) is 1. The normalized spacial score (nSPS) is 17.5. The molecule has 2 amide bonds. The first-order valence-corrected chi connectivity index (χ1v) is 5.76. The van der Waals surface area contributed by atoms with E-state index in [2.05, 4.69) is 19.2 Å². The molecule has 5 heteroatoms. The van der Waals surface area contributed by atoms with Gasteiger partial charge in [0.2, 0.25) is 11.8 Å². The Balaban J connectivity index is 2.26. The fourth-order valence-corrected chi connectivity index (χ4v) is 1.63. The molecule has 0 aliphatic carbocycles. The molecule has 0 atom stereocenters. The van der Waals surface area contributed by atoms with Gasteiger partial charge >= 0.3 is 0 Å². The lowest BCUT2D eigenvalue weighted by Crippen LogP contribution is -2.52. The molecule has 0 bridgehead atoms. The van der Waals surface area contributed by atoms with Crippen molar-refractivity contribution in [2.75, 3.05) is 33.2 Å². The highest BCUT2D eigenvalue weighted by molar-refractivity contribution is 5.92. The third-order valence-electron chi connectivity index (χ3n) is 2.63. The van der Waals surface area contributed by atoms with Crippen molar-refractivity contribution in [1.29, 1.82) is 0 Å². The van der Waals surface area contributed by atoms with Crippen molar-refractivity contribution in [2.24, 2.45) is 0 Å². The first kappa shape index (κ1) is 13.0. The highest BCUT2D eigenvalue weighted by Crippen LogP contribution is 2.03. The Hall–Kier alpha value is -1.10. The Morgan fingerprint density at radius 1 is 1.25 bits per heavy atom. The molecule has 1 aliphatic rings. The zero-order valence-corrected chi connectivity index (χ0v) is 10.3. The molecular weight excluding hydrogens is 206 g/mol. The van der Waals surface area contributed by atoms with Crippen LogP contribution >= 0.6 is 0 Å². The number of rotatable bonds is 5. The van der Waals surface area contributed by atoms with Crippen LogP contribution in [0.5, 0.6) is 0 Å². The summed E-state index contributed by atoms with van der Waals surface area (Å²) in [6.07, 6.45) is 0.890. The second kappa shape index (κ2) is 5.84. The molecule has 1 rings (SSSR count). The number of amides is 2. The molecule has 0 saturated carbocycles. The second-order valence-corrected chi connectivity index (χ2v) is 4.53. The number of hydrogen-bond acceptors (Lipinski definition) is 3. The van der Waals surface area contributed by atoms with Gasteiger partial charge in [-0.15, -0.1) is 0 Å². The molecule has 1 aliphatic heterocycles. The van der Waals surface area contributed by atoms with E-state index in [1.54, 1.807) is 11.9 Å². The van der Waals surface area contributed by atoms with Crippen LogP contribution in [-0.4, -0.2) is 60.9 Å². The highest BCUT2D eigenvalue weighted by Gasteiger charge is 2.26. The van der Waals surface area contributed by atoms with Crippen LogP contribution in [0.3, 0.4) is 0 Å². The molecule has 1 heterocycles. The monoisotopic (exact) mass is 227 g/mol. The number of carbonyl (C=O) groups is 2. The third-order valence-corrected chi connectivity index (χ3v) is 2.63. The van der Waals surface area contributed by atoms with Crippen LogP contribution in [0.4, 0.5) is 0 Å². The zero-order valence-electron chi connectivity index (χ0n) is 10.3. The molecule has 1 saturated heterocycles. The van der Waals surface area contributed by atoms with Crippen LogP contribution in [0.25, 0.3) is 0 Å². The molecule has 0 aromatic carbocycles. The Bertz CT molecular complexity index is 266. The molecule has 0 aromatic heterocycles. The van der Waals surface area contributed by atoms with Crippen molar-refractivity contribution in [3.05, 3.63) is 0 Å². The average molecular weight is 227 g/mol. The minimum atomic E-state index is 0.0245. The minimum absolute atomic E-state index is 0.0245. The van der Waals surface area contributed by atoms with Crippen LogP contribution in [0, 0.1) is 0 Å². The van der Waals surface area contributed by atoms with Gasteiger partial charge in [0, 0.05) is 19.6 Å². The summed E-state index contributed by atoms with van der Waals surface area (Å²) in [6.45, 7) is 6.17. The molecule has 0 aromatic rings. The van der Waals surface area contributed by atoms with E-state index < -0.39 is 0 Å². The van der Waals surface area contributed by atoms with Crippen molar-refractivity contribution >= 4 is 11.8 Å². The lowest BCUT2D eigenvalue weighted by molar-refractivity contribution is -0.148. The number of nitrogens with one attached hydrogen (secondary N) is 1. The van der Waals surface area contributed by atoms with Gasteiger partial charge in [-0.3, -0.25) is 9.59 Å². The minimum Gasteiger partial charge on any atom is -0.335 e. The van der Waals surface area contributed by atoms with Crippen molar-refractivity contribution < 1.29 is 9.59 Å². The van der Waals surface area contributed by atoms with E-state index in [4.69, 9.17) is 0 Å². The molecule has 0 radical (unpaired) electrons. The van der Waals surface area contributed by atoms with Crippen LogP contribution in [0.15, 0.2) is 0 Å². The molecule has 16 heavy (non-hydrogen) atoms. The SMILES string of the molecule is CC(C)NCCCN1CC(=O)N(C)CC1=O. The number of nitrogens with zero attached hydrogens (tertiary/aromatic N) is 2. The topological polar surface area (TPSA) is 52.7 Å². The third kappa shape index (κ3) is 3.81. The van der Waals surface area contributed by atoms with E-state index in [0.29, 0.717) is 12.6 Å². The van der Waals surface area contributed by atoms with Crippen molar-refractivity contribution in [1.82, 2.24) is 15.1 Å². The van der Waals surface area contributed by atoms with Crippen LogP contribution in [0.2, 0.25) is 0 Å². The number of likely N-dealkylation sites (N-methyl/N-ethyl adjacent to an activating group) is 1. The smallest absolute Gasteiger partial charge is 0.242 e. The second-order valence-electron chi connectivity index (χ2n) is 4.53. The van der Waals surface area contributed by atoms with E-state index in [9.17, 15) is 9.59 Å². The largest absolute Gasteiger partial charge is 0.335 e. The molecule has 92 valence electrons. The summed E-state index contributed by atoms with van der Waals surface area (Å²) < 4.78 is 0. The van der Waals surface area contributed by atoms with Gasteiger partial charge in [-0.25, -0.2) is 0 Å². The van der Waals surface area contributed by atoms with Crippen LogP contribution in [0.1, 0.15) is 20.3 Å². The van der Waals surface area contributed by atoms with Crippen LogP contribution < -0.4 is 5.32 Å². The van der Waals surface area contributed by atoms with Gasteiger partial charge in [0.05, 0.1) is 13.1 Å². The summed E-state index contributed by atoms with van der Waals surface area (Å²) in [4.78, 5) is 26.1.